The van der Waals surface area contributed by atoms with Gasteiger partial charge in [-0.25, -0.2) is 13.2 Å². The predicted molar refractivity (Wildman–Crippen MR) is 82.4 cm³/mol. The molecule has 118 valence electrons. The van der Waals surface area contributed by atoms with Crippen molar-refractivity contribution in [2.45, 2.75) is 25.2 Å². The van der Waals surface area contributed by atoms with E-state index in [-0.39, 0.29) is 16.2 Å². The van der Waals surface area contributed by atoms with Crippen molar-refractivity contribution in [3.63, 3.8) is 0 Å². The summed E-state index contributed by atoms with van der Waals surface area (Å²) in [6, 6.07) is 5.50. The van der Waals surface area contributed by atoms with Crippen LogP contribution < -0.4 is 0 Å². The number of hydrogen-bond acceptors (Lipinski definition) is 4. The van der Waals surface area contributed by atoms with Crippen molar-refractivity contribution in [2.75, 3.05) is 25.9 Å². The monoisotopic (exact) mass is 313 g/mol. The number of nitrogens with zero attached hydrogens (tertiary/aromatic N) is 1. The highest BCUT2D eigenvalue weighted by molar-refractivity contribution is 7.91. The lowest BCUT2D eigenvalue weighted by Gasteiger charge is -2.17. The average Bonchev–Trinajstić information content (AvgIpc) is 2.43. The van der Waals surface area contributed by atoms with Gasteiger partial charge in [-0.1, -0.05) is 19.9 Å². The molecule has 0 unspecified atom stereocenters. The number of aromatic carboxylic acids is 1. The average molecular weight is 313 g/mol. The lowest BCUT2D eigenvalue weighted by Crippen LogP contribution is -2.27. The van der Waals surface area contributed by atoms with Gasteiger partial charge in [0.25, 0.3) is 0 Å². The Morgan fingerprint density at radius 3 is 2.52 bits per heavy atom. The molecule has 0 bridgehead atoms. The van der Waals surface area contributed by atoms with Crippen molar-refractivity contribution in [2.24, 2.45) is 5.92 Å². The van der Waals surface area contributed by atoms with Crippen LogP contribution in [0.15, 0.2) is 29.2 Å². The van der Waals surface area contributed by atoms with Crippen LogP contribution >= 0.6 is 0 Å². The fourth-order valence-corrected chi connectivity index (χ4v) is 3.19. The van der Waals surface area contributed by atoms with Crippen LogP contribution in [0.3, 0.4) is 0 Å². The van der Waals surface area contributed by atoms with Gasteiger partial charge in [0.1, 0.15) is 0 Å². The fraction of sp³-hybridized carbons (Fsp3) is 0.533. The van der Waals surface area contributed by atoms with E-state index in [4.69, 9.17) is 5.11 Å². The highest BCUT2D eigenvalue weighted by Crippen LogP contribution is 2.14. The number of hydrogen-bond donors (Lipinski definition) is 1. The van der Waals surface area contributed by atoms with E-state index in [1.807, 2.05) is 11.9 Å². The Bertz CT molecular complexity index is 581. The standard InChI is InChI=1S/C15H23NO4S/c1-12(2)7-8-16(3)9-10-21(19,20)14-6-4-5-13(11-14)15(17)18/h4-6,11-12H,7-10H2,1-3H3,(H,17,18). The minimum Gasteiger partial charge on any atom is -0.478 e. The molecule has 0 aliphatic rings. The largest absolute Gasteiger partial charge is 0.478 e. The minimum absolute atomic E-state index is 0.00926. The summed E-state index contributed by atoms with van der Waals surface area (Å²) in [5, 5.41) is 8.91. The molecule has 0 aliphatic heterocycles. The Hall–Kier alpha value is -1.40. The summed E-state index contributed by atoms with van der Waals surface area (Å²) < 4.78 is 24.5. The summed E-state index contributed by atoms with van der Waals surface area (Å²) in [5.74, 6) is -0.553. The van der Waals surface area contributed by atoms with Crippen LogP contribution in [0.2, 0.25) is 0 Å². The van der Waals surface area contributed by atoms with Gasteiger partial charge < -0.3 is 10.0 Å². The first-order valence-corrected chi connectivity index (χ1v) is 8.62. The summed E-state index contributed by atoms with van der Waals surface area (Å²) in [7, 11) is -1.56. The quantitative estimate of drug-likeness (QED) is 0.796. The maximum Gasteiger partial charge on any atom is 0.335 e. The molecule has 21 heavy (non-hydrogen) atoms. The van der Waals surface area contributed by atoms with Gasteiger partial charge in [-0.05, 0) is 44.1 Å². The van der Waals surface area contributed by atoms with Gasteiger partial charge in [-0.3, -0.25) is 0 Å². The fourth-order valence-electron chi connectivity index (χ4n) is 1.81. The predicted octanol–water partition coefficient (Wildman–Crippen LogP) is 2.14. The highest BCUT2D eigenvalue weighted by atomic mass is 32.2. The van der Waals surface area contributed by atoms with E-state index in [9.17, 15) is 13.2 Å². The first-order chi connectivity index (χ1) is 9.72. The van der Waals surface area contributed by atoms with Crippen LogP contribution in [0.5, 0.6) is 0 Å². The van der Waals surface area contributed by atoms with Gasteiger partial charge in [-0.15, -0.1) is 0 Å². The Morgan fingerprint density at radius 1 is 1.29 bits per heavy atom. The third-order valence-corrected chi connectivity index (χ3v) is 4.96. The molecular formula is C15H23NO4S. The van der Waals surface area contributed by atoms with Gasteiger partial charge in [0.15, 0.2) is 9.84 Å². The second-order valence-electron chi connectivity index (χ2n) is 5.64. The van der Waals surface area contributed by atoms with E-state index in [2.05, 4.69) is 13.8 Å². The first-order valence-electron chi connectivity index (χ1n) is 6.97. The first kappa shape index (κ1) is 17.7. The van der Waals surface area contributed by atoms with E-state index >= 15 is 0 Å². The van der Waals surface area contributed by atoms with Crippen molar-refractivity contribution < 1.29 is 18.3 Å². The summed E-state index contributed by atoms with van der Waals surface area (Å²) in [4.78, 5) is 12.9. The van der Waals surface area contributed by atoms with E-state index in [1.165, 1.54) is 24.3 Å². The van der Waals surface area contributed by atoms with Crippen LogP contribution in [0, 0.1) is 5.92 Å². The van der Waals surface area contributed by atoms with E-state index < -0.39 is 15.8 Å². The van der Waals surface area contributed by atoms with Gasteiger partial charge in [0.05, 0.1) is 16.2 Å². The molecule has 0 saturated heterocycles. The van der Waals surface area contributed by atoms with Crippen LogP contribution in [0.4, 0.5) is 0 Å². The third-order valence-electron chi connectivity index (χ3n) is 3.27. The molecule has 0 heterocycles. The van der Waals surface area contributed by atoms with Gasteiger partial charge >= 0.3 is 5.97 Å². The minimum atomic E-state index is -3.45. The maximum atomic E-state index is 12.2. The SMILES string of the molecule is CC(C)CCN(C)CCS(=O)(=O)c1cccc(C(=O)O)c1. The van der Waals surface area contributed by atoms with Gasteiger partial charge in [0.2, 0.25) is 0 Å². The lowest BCUT2D eigenvalue weighted by molar-refractivity contribution is 0.0696. The van der Waals surface area contributed by atoms with E-state index in [1.54, 1.807) is 0 Å². The number of carboxylic acids is 1. The molecule has 1 aromatic carbocycles. The van der Waals surface area contributed by atoms with Gasteiger partial charge in [-0.2, -0.15) is 0 Å². The Balaban J connectivity index is 2.69. The van der Waals surface area contributed by atoms with Crippen molar-refractivity contribution in [3.05, 3.63) is 29.8 Å². The highest BCUT2D eigenvalue weighted by Gasteiger charge is 2.17. The van der Waals surface area contributed by atoms with E-state index in [0.717, 1.165) is 13.0 Å². The summed E-state index contributed by atoms with van der Waals surface area (Å²) in [5.41, 5.74) is -0.00997. The van der Waals surface area contributed by atoms with Crippen LogP contribution in [-0.4, -0.2) is 50.3 Å². The topological polar surface area (TPSA) is 74.7 Å². The Labute approximate surface area is 126 Å². The number of carboxylic acid groups (broad SMARTS) is 1. The molecule has 0 spiro atoms. The second-order valence-corrected chi connectivity index (χ2v) is 7.75. The van der Waals surface area contributed by atoms with Crippen LogP contribution in [-0.2, 0) is 9.84 Å². The molecule has 1 N–H and O–H groups in total. The normalized spacial score (nSPS) is 12.0. The molecule has 1 aromatic rings. The number of benzene rings is 1. The molecule has 0 aliphatic carbocycles. The molecule has 1 rings (SSSR count). The number of carbonyl (C=O) groups is 1. The van der Waals surface area contributed by atoms with Crippen LogP contribution in [0.25, 0.3) is 0 Å². The Kier molecular flexibility index (Phi) is 6.36. The lowest BCUT2D eigenvalue weighted by atomic mass is 10.1. The molecule has 0 radical (unpaired) electrons. The molecule has 6 heteroatoms. The second kappa shape index (κ2) is 7.56. The van der Waals surface area contributed by atoms with Crippen molar-refractivity contribution in [3.8, 4) is 0 Å². The zero-order valence-electron chi connectivity index (χ0n) is 12.7. The number of rotatable bonds is 8. The molecular weight excluding hydrogens is 290 g/mol. The summed E-state index contributed by atoms with van der Waals surface area (Å²) in [6.45, 7) is 5.54. The molecule has 0 aromatic heterocycles. The van der Waals surface area contributed by atoms with E-state index in [0.29, 0.717) is 12.5 Å². The third kappa shape index (κ3) is 5.85. The van der Waals surface area contributed by atoms with Crippen molar-refractivity contribution in [1.29, 1.82) is 0 Å². The smallest absolute Gasteiger partial charge is 0.335 e. The summed E-state index contributed by atoms with van der Waals surface area (Å²) >= 11 is 0. The molecule has 0 fully saturated rings. The molecule has 0 amide bonds. The molecule has 5 nitrogen and oxygen atoms in total. The van der Waals surface area contributed by atoms with Crippen LogP contribution in [0.1, 0.15) is 30.6 Å². The number of sulfone groups is 1. The zero-order valence-corrected chi connectivity index (χ0v) is 13.6. The zero-order chi connectivity index (χ0) is 16.0. The molecule has 0 saturated carbocycles. The van der Waals surface area contributed by atoms with Gasteiger partial charge in [0, 0.05) is 6.54 Å². The Morgan fingerprint density at radius 2 is 1.95 bits per heavy atom. The maximum absolute atomic E-state index is 12.2. The summed E-state index contributed by atoms with van der Waals surface area (Å²) in [6.07, 6.45) is 1.02. The van der Waals surface area contributed by atoms with Crippen molar-refractivity contribution >= 4 is 15.8 Å². The van der Waals surface area contributed by atoms with Crippen molar-refractivity contribution in [1.82, 2.24) is 4.90 Å². The molecule has 0 atom stereocenters.